The van der Waals surface area contributed by atoms with Gasteiger partial charge in [-0.15, -0.1) is 0 Å². The molecular formula is C15H23NO. The molecular weight excluding hydrogens is 210 g/mol. The lowest BCUT2D eigenvalue weighted by atomic mass is 9.94. The SMILES string of the molecule is Cc1cc(C)cc(N2CCCC(CCO)C2)c1. The first-order chi connectivity index (χ1) is 8.19. The maximum atomic E-state index is 9.05. The van der Waals surface area contributed by atoms with Crippen LogP contribution in [0.25, 0.3) is 0 Å². The molecule has 1 heterocycles. The number of benzene rings is 1. The van der Waals surface area contributed by atoms with Gasteiger partial charge in [0.15, 0.2) is 0 Å². The van der Waals surface area contributed by atoms with Crippen molar-refractivity contribution in [1.29, 1.82) is 0 Å². The second kappa shape index (κ2) is 5.54. The molecule has 1 aromatic rings. The average molecular weight is 233 g/mol. The summed E-state index contributed by atoms with van der Waals surface area (Å²) >= 11 is 0. The Morgan fingerprint density at radius 2 is 1.94 bits per heavy atom. The fraction of sp³-hybridized carbons (Fsp3) is 0.600. The summed E-state index contributed by atoms with van der Waals surface area (Å²) < 4.78 is 0. The van der Waals surface area contributed by atoms with Gasteiger partial charge in [-0.2, -0.15) is 0 Å². The quantitative estimate of drug-likeness (QED) is 0.867. The molecule has 0 bridgehead atoms. The van der Waals surface area contributed by atoms with E-state index in [9.17, 15) is 0 Å². The molecule has 1 aromatic carbocycles. The highest BCUT2D eigenvalue weighted by atomic mass is 16.3. The number of aliphatic hydroxyl groups excluding tert-OH is 1. The van der Waals surface area contributed by atoms with Crippen LogP contribution < -0.4 is 4.90 Å². The van der Waals surface area contributed by atoms with E-state index in [-0.39, 0.29) is 0 Å². The second-order valence-corrected chi connectivity index (χ2v) is 5.31. The molecule has 2 rings (SSSR count). The van der Waals surface area contributed by atoms with Gasteiger partial charge in [-0.25, -0.2) is 0 Å². The van der Waals surface area contributed by atoms with Crippen molar-refractivity contribution < 1.29 is 5.11 Å². The molecule has 2 nitrogen and oxygen atoms in total. The number of aryl methyl sites for hydroxylation is 2. The predicted molar refractivity (Wildman–Crippen MR) is 72.6 cm³/mol. The lowest BCUT2D eigenvalue weighted by Crippen LogP contribution is -2.35. The van der Waals surface area contributed by atoms with Crippen molar-refractivity contribution in [2.45, 2.75) is 33.1 Å². The van der Waals surface area contributed by atoms with Crippen molar-refractivity contribution in [3.63, 3.8) is 0 Å². The van der Waals surface area contributed by atoms with E-state index in [0.29, 0.717) is 12.5 Å². The summed E-state index contributed by atoms with van der Waals surface area (Å²) in [6.07, 6.45) is 3.46. The van der Waals surface area contributed by atoms with Gasteiger partial charge in [-0.1, -0.05) is 6.07 Å². The van der Waals surface area contributed by atoms with E-state index in [1.165, 1.54) is 29.7 Å². The average Bonchev–Trinajstić information content (AvgIpc) is 2.28. The summed E-state index contributed by atoms with van der Waals surface area (Å²) in [6, 6.07) is 6.77. The molecule has 0 aromatic heterocycles. The third-order valence-electron chi connectivity index (χ3n) is 3.63. The van der Waals surface area contributed by atoms with E-state index < -0.39 is 0 Å². The fourth-order valence-corrected chi connectivity index (χ4v) is 2.85. The molecule has 0 spiro atoms. The van der Waals surface area contributed by atoms with Crippen molar-refractivity contribution >= 4 is 5.69 Å². The lowest BCUT2D eigenvalue weighted by Gasteiger charge is -2.34. The molecule has 17 heavy (non-hydrogen) atoms. The number of nitrogens with zero attached hydrogens (tertiary/aromatic N) is 1. The van der Waals surface area contributed by atoms with E-state index in [0.717, 1.165) is 19.5 Å². The van der Waals surface area contributed by atoms with Crippen molar-refractivity contribution in [3.05, 3.63) is 29.3 Å². The molecule has 1 unspecified atom stereocenters. The number of aliphatic hydroxyl groups is 1. The molecule has 0 amide bonds. The fourth-order valence-electron chi connectivity index (χ4n) is 2.85. The summed E-state index contributed by atoms with van der Waals surface area (Å²) in [7, 11) is 0. The number of hydrogen-bond acceptors (Lipinski definition) is 2. The molecule has 0 saturated carbocycles. The standard InChI is InChI=1S/C15H23NO/c1-12-8-13(2)10-15(9-12)16-6-3-4-14(11-16)5-7-17/h8-10,14,17H,3-7,11H2,1-2H3. The molecule has 1 aliphatic rings. The van der Waals surface area contributed by atoms with Crippen LogP contribution in [-0.4, -0.2) is 24.8 Å². The Hall–Kier alpha value is -1.02. The Kier molecular flexibility index (Phi) is 4.06. The largest absolute Gasteiger partial charge is 0.396 e. The Bertz CT molecular complexity index is 353. The van der Waals surface area contributed by atoms with Crippen molar-refractivity contribution in [3.8, 4) is 0 Å². The van der Waals surface area contributed by atoms with Gasteiger partial charge in [-0.3, -0.25) is 0 Å². The molecule has 0 radical (unpaired) electrons. The van der Waals surface area contributed by atoms with E-state index in [4.69, 9.17) is 5.11 Å². The number of piperidine rings is 1. The summed E-state index contributed by atoms with van der Waals surface area (Å²) in [6.45, 7) is 6.90. The van der Waals surface area contributed by atoms with E-state index in [1.54, 1.807) is 0 Å². The molecule has 1 fully saturated rings. The molecule has 94 valence electrons. The number of anilines is 1. The number of rotatable bonds is 3. The lowest BCUT2D eigenvalue weighted by molar-refractivity contribution is 0.244. The van der Waals surface area contributed by atoms with Gasteiger partial charge in [0.2, 0.25) is 0 Å². The first-order valence-corrected chi connectivity index (χ1v) is 6.63. The maximum absolute atomic E-state index is 9.05. The first-order valence-electron chi connectivity index (χ1n) is 6.63. The molecule has 1 aliphatic heterocycles. The minimum Gasteiger partial charge on any atom is -0.396 e. The van der Waals surface area contributed by atoms with Gasteiger partial charge in [0.25, 0.3) is 0 Å². The van der Waals surface area contributed by atoms with Gasteiger partial charge in [-0.05, 0) is 62.3 Å². The third-order valence-corrected chi connectivity index (χ3v) is 3.63. The highest BCUT2D eigenvalue weighted by Gasteiger charge is 2.19. The molecule has 1 N–H and O–H groups in total. The van der Waals surface area contributed by atoms with Crippen LogP contribution in [0.15, 0.2) is 18.2 Å². The Morgan fingerprint density at radius 3 is 2.59 bits per heavy atom. The van der Waals surface area contributed by atoms with Gasteiger partial charge in [0.1, 0.15) is 0 Å². The number of hydrogen-bond donors (Lipinski definition) is 1. The predicted octanol–water partition coefficient (Wildman–Crippen LogP) is 2.90. The maximum Gasteiger partial charge on any atom is 0.0434 e. The second-order valence-electron chi connectivity index (χ2n) is 5.31. The molecule has 1 atom stereocenters. The van der Waals surface area contributed by atoms with Gasteiger partial charge in [0, 0.05) is 25.4 Å². The van der Waals surface area contributed by atoms with Crippen LogP contribution in [0.1, 0.15) is 30.4 Å². The molecule has 2 heteroatoms. The van der Waals surface area contributed by atoms with Crippen LogP contribution in [0.3, 0.4) is 0 Å². The van der Waals surface area contributed by atoms with Gasteiger partial charge >= 0.3 is 0 Å². The van der Waals surface area contributed by atoms with Crippen molar-refractivity contribution in [2.75, 3.05) is 24.6 Å². The zero-order valence-corrected chi connectivity index (χ0v) is 10.9. The summed E-state index contributed by atoms with van der Waals surface area (Å²) in [5.41, 5.74) is 4.03. The topological polar surface area (TPSA) is 23.5 Å². The van der Waals surface area contributed by atoms with Crippen molar-refractivity contribution in [2.24, 2.45) is 5.92 Å². The molecule has 1 saturated heterocycles. The summed E-state index contributed by atoms with van der Waals surface area (Å²) in [5, 5.41) is 9.05. The minimum absolute atomic E-state index is 0.325. The van der Waals surface area contributed by atoms with Crippen LogP contribution >= 0.6 is 0 Å². The monoisotopic (exact) mass is 233 g/mol. The van der Waals surface area contributed by atoms with E-state index in [2.05, 4.69) is 36.9 Å². The van der Waals surface area contributed by atoms with E-state index in [1.807, 2.05) is 0 Å². The normalized spacial score (nSPS) is 20.6. The third kappa shape index (κ3) is 3.22. The Balaban J connectivity index is 2.10. The Labute approximate surface area is 104 Å². The van der Waals surface area contributed by atoms with Gasteiger partial charge in [0.05, 0.1) is 0 Å². The summed E-state index contributed by atoms with van der Waals surface area (Å²) in [5.74, 6) is 0.662. The minimum atomic E-state index is 0.325. The Morgan fingerprint density at radius 1 is 1.24 bits per heavy atom. The van der Waals surface area contributed by atoms with Crippen molar-refractivity contribution in [1.82, 2.24) is 0 Å². The van der Waals surface area contributed by atoms with E-state index >= 15 is 0 Å². The highest BCUT2D eigenvalue weighted by Crippen LogP contribution is 2.26. The first kappa shape index (κ1) is 12.4. The zero-order valence-electron chi connectivity index (χ0n) is 10.9. The molecule has 0 aliphatic carbocycles. The van der Waals surface area contributed by atoms with Crippen LogP contribution in [0.2, 0.25) is 0 Å². The highest BCUT2D eigenvalue weighted by molar-refractivity contribution is 5.51. The van der Waals surface area contributed by atoms with Crippen LogP contribution in [0.5, 0.6) is 0 Å². The van der Waals surface area contributed by atoms with Crippen LogP contribution in [0, 0.1) is 19.8 Å². The summed E-state index contributed by atoms with van der Waals surface area (Å²) in [4.78, 5) is 2.48. The zero-order chi connectivity index (χ0) is 12.3. The van der Waals surface area contributed by atoms with Gasteiger partial charge < -0.3 is 10.0 Å². The van der Waals surface area contributed by atoms with Crippen LogP contribution in [0.4, 0.5) is 5.69 Å². The smallest absolute Gasteiger partial charge is 0.0434 e. The van der Waals surface area contributed by atoms with Crippen LogP contribution in [-0.2, 0) is 0 Å².